The fourth-order valence-corrected chi connectivity index (χ4v) is 3.36. The fraction of sp³-hybridized carbons (Fsp3) is 0.444. The maximum atomic E-state index is 9.51. The van der Waals surface area contributed by atoms with E-state index in [0.29, 0.717) is 0 Å². The van der Waals surface area contributed by atoms with Crippen LogP contribution in [0.5, 0.6) is 0 Å². The number of aliphatic hydroxyl groups is 1. The van der Waals surface area contributed by atoms with Gasteiger partial charge < -0.3 is 14.9 Å². The quantitative estimate of drug-likeness (QED) is 0.821. The van der Waals surface area contributed by atoms with E-state index in [9.17, 15) is 5.11 Å². The van der Waals surface area contributed by atoms with Crippen LogP contribution in [0.15, 0.2) is 41.1 Å². The molecule has 0 amide bonds. The Hall–Kier alpha value is -1.66. The van der Waals surface area contributed by atoms with Crippen LogP contribution in [0.25, 0.3) is 0 Å². The molecule has 0 saturated carbocycles. The Labute approximate surface area is 151 Å². The van der Waals surface area contributed by atoms with Crippen LogP contribution in [0, 0.1) is 0 Å². The van der Waals surface area contributed by atoms with Gasteiger partial charge in [0.1, 0.15) is 18.0 Å². The van der Waals surface area contributed by atoms with Gasteiger partial charge in [-0.1, -0.05) is 28.1 Å². The molecule has 1 aliphatic rings. The molecule has 1 aliphatic heterocycles. The normalized spacial score (nSPS) is 17.3. The molecule has 128 valence electrons. The Bertz CT molecular complexity index is 664. The number of hydrogen-bond acceptors (Lipinski definition) is 5. The molecule has 0 bridgehead atoms. The van der Waals surface area contributed by atoms with Crippen LogP contribution in [0.2, 0.25) is 0 Å². The van der Waals surface area contributed by atoms with Gasteiger partial charge in [0, 0.05) is 30.7 Å². The second-order valence-corrected chi connectivity index (χ2v) is 7.12. The zero-order chi connectivity index (χ0) is 16.9. The van der Waals surface area contributed by atoms with E-state index in [-0.39, 0.29) is 12.6 Å². The summed E-state index contributed by atoms with van der Waals surface area (Å²) in [6, 6.07) is 10.6. The molecule has 0 radical (unpaired) electrons. The van der Waals surface area contributed by atoms with E-state index in [1.165, 1.54) is 5.56 Å². The van der Waals surface area contributed by atoms with Gasteiger partial charge >= 0.3 is 0 Å². The number of likely N-dealkylation sites (N-methyl/N-ethyl adjacent to an activating group) is 1. The van der Waals surface area contributed by atoms with E-state index in [1.807, 2.05) is 6.07 Å². The van der Waals surface area contributed by atoms with Crippen molar-refractivity contribution in [3.05, 3.63) is 46.7 Å². The van der Waals surface area contributed by atoms with Gasteiger partial charge in [0.2, 0.25) is 0 Å². The molecule has 3 rings (SSSR count). The Morgan fingerprint density at radius 2 is 2.08 bits per heavy atom. The summed E-state index contributed by atoms with van der Waals surface area (Å²) in [4.78, 5) is 13.1. The molecule has 1 N–H and O–H groups in total. The van der Waals surface area contributed by atoms with Crippen LogP contribution in [0.1, 0.15) is 18.4 Å². The number of aromatic nitrogens is 2. The minimum Gasteiger partial charge on any atom is -0.394 e. The maximum Gasteiger partial charge on any atom is 0.134 e. The van der Waals surface area contributed by atoms with Crippen molar-refractivity contribution in [3.63, 3.8) is 0 Å². The lowest BCUT2D eigenvalue weighted by Gasteiger charge is -2.25. The first kappa shape index (κ1) is 17.2. The second-order valence-electron chi connectivity index (χ2n) is 6.20. The van der Waals surface area contributed by atoms with Gasteiger partial charge in [0.15, 0.2) is 0 Å². The van der Waals surface area contributed by atoms with Crippen molar-refractivity contribution >= 4 is 27.6 Å². The van der Waals surface area contributed by atoms with E-state index in [2.05, 4.69) is 67.0 Å². The highest BCUT2D eigenvalue weighted by molar-refractivity contribution is 9.10. The van der Waals surface area contributed by atoms with Crippen LogP contribution < -0.4 is 9.80 Å². The van der Waals surface area contributed by atoms with E-state index in [1.54, 1.807) is 6.33 Å². The highest BCUT2D eigenvalue weighted by Crippen LogP contribution is 2.25. The van der Waals surface area contributed by atoms with Crippen LogP contribution in [-0.2, 0) is 6.42 Å². The van der Waals surface area contributed by atoms with E-state index in [0.717, 1.165) is 48.5 Å². The molecule has 5 nitrogen and oxygen atoms in total. The van der Waals surface area contributed by atoms with E-state index in [4.69, 9.17) is 0 Å². The molecule has 1 saturated heterocycles. The second kappa shape index (κ2) is 7.94. The Kier molecular flexibility index (Phi) is 5.68. The SMILES string of the molecule is CN(CCc1ccc(Br)cc1)c1cc(N2CCCC2CO)ncn1. The summed E-state index contributed by atoms with van der Waals surface area (Å²) >= 11 is 3.46. The lowest BCUT2D eigenvalue weighted by atomic mass is 10.1. The van der Waals surface area contributed by atoms with Crippen LogP contribution in [-0.4, -0.2) is 47.9 Å². The van der Waals surface area contributed by atoms with Gasteiger partial charge in [0.05, 0.1) is 12.6 Å². The lowest BCUT2D eigenvalue weighted by Crippen LogP contribution is -2.33. The van der Waals surface area contributed by atoms with Crippen LogP contribution in [0.4, 0.5) is 11.6 Å². The molecule has 1 unspecified atom stereocenters. The number of aliphatic hydroxyl groups excluding tert-OH is 1. The molecular formula is C18H23BrN4O. The summed E-state index contributed by atoms with van der Waals surface area (Å²) in [5.41, 5.74) is 1.30. The Morgan fingerprint density at radius 3 is 2.83 bits per heavy atom. The summed E-state index contributed by atoms with van der Waals surface area (Å²) in [7, 11) is 2.05. The van der Waals surface area contributed by atoms with Gasteiger partial charge in [-0.2, -0.15) is 0 Å². The third kappa shape index (κ3) is 4.05. The molecule has 1 fully saturated rings. The molecule has 1 atom stereocenters. The number of nitrogens with zero attached hydrogens (tertiary/aromatic N) is 4. The van der Waals surface area contributed by atoms with Gasteiger partial charge in [-0.05, 0) is 37.0 Å². The van der Waals surface area contributed by atoms with Crippen molar-refractivity contribution < 1.29 is 5.11 Å². The average molecular weight is 391 g/mol. The summed E-state index contributed by atoms with van der Waals surface area (Å²) < 4.78 is 1.10. The molecular weight excluding hydrogens is 368 g/mol. The Balaban J connectivity index is 1.65. The number of hydrogen-bond donors (Lipinski definition) is 1. The van der Waals surface area contributed by atoms with Crippen LogP contribution >= 0.6 is 15.9 Å². The molecule has 2 heterocycles. The maximum absolute atomic E-state index is 9.51. The van der Waals surface area contributed by atoms with E-state index >= 15 is 0 Å². The molecule has 1 aromatic carbocycles. The van der Waals surface area contributed by atoms with Crippen molar-refractivity contribution in [1.29, 1.82) is 0 Å². The topological polar surface area (TPSA) is 52.5 Å². The molecule has 2 aromatic rings. The van der Waals surface area contributed by atoms with Crippen molar-refractivity contribution in [3.8, 4) is 0 Å². The van der Waals surface area contributed by atoms with Crippen molar-refractivity contribution in [1.82, 2.24) is 9.97 Å². The monoisotopic (exact) mass is 390 g/mol. The molecule has 0 aliphatic carbocycles. The van der Waals surface area contributed by atoms with Crippen LogP contribution in [0.3, 0.4) is 0 Å². The number of benzene rings is 1. The summed E-state index contributed by atoms with van der Waals surface area (Å²) in [6.45, 7) is 2.02. The van der Waals surface area contributed by atoms with Gasteiger partial charge in [0.25, 0.3) is 0 Å². The number of rotatable bonds is 6. The largest absolute Gasteiger partial charge is 0.394 e. The third-order valence-corrected chi connectivity index (χ3v) is 5.09. The lowest BCUT2D eigenvalue weighted by molar-refractivity contribution is 0.266. The van der Waals surface area contributed by atoms with E-state index < -0.39 is 0 Å². The minimum absolute atomic E-state index is 0.179. The molecule has 24 heavy (non-hydrogen) atoms. The van der Waals surface area contributed by atoms with Gasteiger partial charge in [-0.25, -0.2) is 9.97 Å². The first-order chi connectivity index (χ1) is 11.7. The smallest absolute Gasteiger partial charge is 0.134 e. The van der Waals surface area contributed by atoms with Gasteiger partial charge in [-0.3, -0.25) is 0 Å². The fourth-order valence-electron chi connectivity index (χ4n) is 3.09. The third-order valence-electron chi connectivity index (χ3n) is 4.56. The standard InChI is InChI=1S/C18H23BrN4O/c1-22(10-8-14-4-6-15(19)7-5-14)17-11-18(21-13-20-17)23-9-2-3-16(23)12-24/h4-7,11,13,16,24H,2-3,8-10,12H2,1H3. The summed E-state index contributed by atoms with van der Waals surface area (Å²) in [6.07, 6.45) is 4.71. The van der Waals surface area contributed by atoms with Crippen molar-refractivity contribution in [2.24, 2.45) is 0 Å². The zero-order valence-electron chi connectivity index (χ0n) is 13.9. The minimum atomic E-state index is 0.179. The molecule has 0 spiro atoms. The number of anilines is 2. The molecule has 1 aromatic heterocycles. The number of halogens is 1. The highest BCUT2D eigenvalue weighted by atomic mass is 79.9. The molecule has 6 heteroatoms. The predicted octanol–water partition coefficient (Wildman–Crippen LogP) is 2.88. The van der Waals surface area contributed by atoms with Gasteiger partial charge in [-0.15, -0.1) is 0 Å². The summed E-state index contributed by atoms with van der Waals surface area (Å²) in [5, 5.41) is 9.51. The Morgan fingerprint density at radius 1 is 1.29 bits per heavy atom. The predicted molar refractivity (Wildman–Crippen MR) is 101 cm³/mol. The first-order valence-electron chi connectivity index (χ1n) is 8.32. The first-order valence-corrected chi connectivity index (χ1v) is 9.12. The highest BCUT2D eigenvalue weighted by Gasteiger charge is 2.25. The van der Waals surface area contributed by atoms with Crippen molar-refractivity contribution in [2.75, 3.05) is 36.5 Å². The van der Waals surface area contributed by atoms with Crippen molar-refractivity contribution in [2.45, 2.75) is 25.3 Å². The summed E-state index contributed by atoms with van der Waals surface area (Å²) in [5.74, 6) is 1.83. The zero-order valence-corrected chi connectivity index (χ0v) is 15.5. The average Bonchev–Trinajstić information content (AvgIpc) is 3.10.